The SMILES string of the molecule is COC(=O)CC(OC)(OC)C(F)(F)C(F)(F)C(F)(F)C(F)(F)F. The van der Waals surface area contributed by atoms with Crippen LogP contribution < -0.4 is 0 Å². The van der Waals surface area contributed by atoms with Crippen LogP contribution in [0, 0.1) is 0 Å². The van der Waals surface area contributed by atoms with Gasteiger partial charge >= 0.3 is 29.9 Å². The van der Waals surface area contributed by atoms with E-state index in [-0.39, 0.29) is 14.2 Å². The highest BCUT2D eigenvalue weighted by Crippen LogP contribution is 2.57. The lowest BCUT2D eigenvalue weighted by Gasteiger charge is -2.42. The number of carbonyl (C=O) groups is 1. The second kappa shape index (κ2) is 6.34. The number of hydrogen-bond acceptors (Lipinski definition) is 4. The molecule has 0 heterocycles. The van der Waals surface area contributed by atoms with Gasteiger partial charge in [-0.05, 0) is 0 Å². The lowest BCUT2D eigenvalue weighted by molar-refractivity contribution is -0.445. The lowest BCUT2D eigenvalue weighted by atomic mass is 9.93. The standard InChI is InChI=1S/C10H11F9O4/c1-21-5(20)4-6(22-2,23-3)7(11,12)8(13,14)9(15,16)10(17,18)19/h4H2,1-3H3. The van der Waals surface area contributed by atoms with Crippen LogP contribution in [0.1, 0.15) is 6.42 Å². The molecule has 0 saturated heterocycles. The summed E-state index contributed by atoms with van der Waals surface area (Å²) in [6.45, 7) is 0. The Morgan fingerprint density at radius 1 is 0.739 bits per heavy atom. The normalized spacial score (nSPS) is 14.8. The molecular formula is C10H11F9O4. The van der Waals surface area contributed by atoms with Gasteiger partial charge in [-0.3, -0.25) is 4.79 Å². The zero-order chi connectivity index (χ0) is 18.9. The van der Waals surface area contributed by atoms with Gasteiger partial charge < -0.3 is 14.2 Å². The molecule has 0 aromatic heterocycles. The molecule has 0 fully saturated rings. The van der Waals surface area contributed by atoms with Gasteiger partial charge in [0.2, 0.25) is 0 Å². The number of carbonyl (C=O) groups excluding carboxylic acids is 1. The summed E-state index contributed by atoms with van der Waals surface area (Å²) in [4.78, 5) is 11.0. The van der Waals surface area contributed by atoms with Crippen LogP contribution in [0.3, 0.4) is 0 Å². The van der Waals surface area contributed by atoms with Crippen LogP contribution in [0.4, 0.5) is 39.5 Å². The van der Waals surface area contributed by atoms with Crippen molar-refractivity contribution >= 4 is 5.97 Å². The van der Waals surface area contributed by atoms with Crippen LogP contribution in [-0.4, -0.2) is 57.0 Å². The number of halogens is 9. The summed E-state index contributed by atoms with van der Waals surface area (Å²) in [5, 5.41) is 0. The molecular weight excluding hydrogens is 355 g/mol. The topological polar surface area (TPSA) is 44.8 Å². The molecule has 0 unspecified atom stereocenters. The van der Waals surface area contributed by atoms with Crippen molar-refractivity contribution in [3.63, 3.8) is 0 Å². The molecule has 23 heavy (non-hydrogen) atoms. The van der Waals surface area contributed by atoms with Gasteiger partial charge in [0.15, 0.2) is 0 Å². The van der Waals surface area contributed by atoms with Gasteiger partial charge in [0.25, 0.3) is 5.79 Å². The van der Waals surface area contributed by atoms with Crippen molar-refractivity contribution < 1.29 is 58.5 Å². The molecule has 0 amide bonds. The van der Waals surface area contributed by atoms with E-state index in [1.54, 1.807) is 0 Å². The molecule has 0 N–H and O–H groups in total. The van der Waals surface area contributed by atoms with Crippen LogP contribution in [0.15, 0.2) is 0 Å². The highest BCUT2D eigenvalue weighted by atomic mass is 19.4. The number of rotatable bonds is 7. The van der Waals surface area contributed by atoms with Gasteiger partial charge in [0, 0.05) is 14.2 Å². The molecule has 0 aliphatic rings. The Morgan fingerprint density at radius 3 is 1.39 bits per heavy atom. The van der Waals surface area contributed by atoms with Crippen molar-refractivity contribution in [2.45, 2.75) is 36.2 Å². The van der Waals surface area contributed by atoms with E-state index in [9.17, 15) is 44.3 Å². The van der Waals surface area contributed by atoms with Crippen molar-refractivity contribution in [2.24, 2.45) is 0 Å². The summed E-state index contributed by atoms with van der Waals surface area (Å²) in [6, 6.07) is 0. The maximum absolute atomic E-state index is 13.9. The molecule has 0 aromatic rings. The predicted molar refractivity (Wildman–Crippen MR) is 54.3 cm³/mol. The van der Waals surface area contributed by atoms with Gasteiger partial charge in [0.05, 0.1) is 7.11 Å². The maximum atomic E-state index is 13.9. The third-order valence-corrected chi connectivity index (χ3v) is 2.89. The second-order valence-corrected chi connectivity index (χ2v) is 4.14. The molecule has 0 aliphatic heterocycles. The van der Waals surface area contributed by atoms with Crippen molar-refractivity contribution in [3.8, 4) is 0 Å². The zero-order valence-corrected chi connectivity index (χ0v) is 11.7. The van der Waals surface area contributed by atoms with E-state index in [0.29, 0.717) is 7.11 Å². The molecule has 0 rings (SSSR count). The van der Waals surface area contributed by atoms with E-state index in [2.05, 4.69) is 14.2 Å². The van der Waals surface area contributed by atoms with Crippen LogP contribution in [-0.2, 0) is 19.0 Å². The molecule has 0 aromatic carbocycles. The summed E-state index contributed by atoms with van der Waals surface area (Å²) < 4.78 is 128. The Labute approximate surface area is 123 Å². The fraction of sp³-hybridized carbons (Fsp3) is 0.900. The van der Waals surface area contributed by atoms with E-state index in [4.69, 9.17) is 0 Å². The third kappa shape index (κ3) is 3.20. The van der Waals surface area contributed by atoms with E-state index < -0.39 is 42.1 Å². The quantitative estimate of drug-likeness (QED) is 0.395. The van der Waals surface area contributed by atoms with Crippen molar-refractivity contribution in [1.82, 2.24) is 0 Å². The molecule has 0 atom stereocenters. The smallest absolute Gasteiger partial charge is 0.460 e. The fourth-order valence-electron chi connectivity index (χ4n) is 1.47. The third-order valence-electron chi connectivity index (χ3n) is 2.89. The number of hydrogen-bond donors (Lipinski definition) is 0. The van der Waals surface area contributed by atoms with E-state index >= 15 is 0 Å². The van der Waals surface area contributed by atoms with Gasteiger partial charge in [0.1, 0.15) is 6.42 Å². The summed E-state index contributed by atoms with van der Waals surface area (Å²) >= 11 is 0. The molecule has 0 saturated carbocycles. The minimum absolute atomic E-state index is 0.252. The Hall–Kier alpha value is -1.24. The van der Waals surface area contributed by atoms with Gasteiger partial charge in [-0.15, -0.1) is 0 Å². The molecule has 138 valence electrons. The molecule has 0 spiro atoms. The van der Waals surface area contributed by atoms with Gasteiger partial charge in [-0.2, -0.15) is 39.5 Å². The van der Waals surface area contributed by atoms with Crippen LogP contribution in [0.25, 0.3) is 0 Å². The maximum Gasteiger partial charge on any atom is 0.460 e. The average molecular weight is 366 g/mol. The monoisotopic (exact) mass is 366 g/mol. The predicted octanol–water partition coefficient (Wildman–Crippen LogP) is 3.01. The number of alkyl halides is 9. The van der Waals surface area contributed by atoms with Crippen LogP contribution in [0.5, 0.6) is 0 Å². The Morgan fingerprint density at radius 2 is 1.13 bits per heavy atom. The van der Waals surface area contributed by atoms with Gasteiger partial charge in [-0.25, -0.2) is 0 Å². The van der Waals surface area contributed by atoms with E-state index in [1.807, 2.05) is 0 Å². The first-order valence-corrected chi connectivity index (χ1v) is 5.45. The van der Waals surface area contributed by atoms with Crippen molar-refractivity contribution in [2.75, 3.05) is 21.3 Å². The molecule has 13 heteroatoms. The first-order valence-electron chi connectivity index (χ1n) is 5.45. The van der Waals surface area contributed by atoms with E-state index in [0.717, 1.165) is 0 Å². The van der Waals surface area contributed by atoms with Crippen molar-refractivity contribution in [3.05, 3.63) is 0 Å². The highest BCUT2D eigenvalue weighted by molar-refractivity contribution is 5.70. The first-order chi connectivity index (χ1) is 10.1. The van der Waals surface area contributed by atoms with E-state index in [1.165, 1.54) is 0 Å². The Balaban J connectivity index is 6.20. The Bertz CT molecular complexity index is 429. The second-order valence-electron chi connectivity index (χ2n) is 4.14. The fourth-order valence-corrected chi connectivity index (χ4v) is 1.47. The molecule has 0 radical (unpaired) electrons. The average Bonchev–Trinajstić information content (AvgIpc) is 2.42. The lowest BCUT2D eigenvalue weighted by Crippen LogP contribution is -2.70. The minimum atomic E-state index is -7.14. The number of ether oxygens (including phenoxy) is 3. The molecule has 0 aliphatic carbocycles. The van der Waals surface area contributed by atoms with Crippen LogP contribution >= 0.6 is 0 Å². The number of esters is 1. The number of methoxy groups -OCH3 is 3. The summed E-state index contributed by atoms with van der Waals surface area (Å²) in [5.41, 5.74) is 0. The minimum Gasteiger partial charge on any atom is -0.469 e. The molecule has 0 bridgehead atoms. The first kappa shape index (κ1) is 21.8. The van der Waals surface area contributed by atoms with Crippen molar-refractivity contribution in [1.29, 1.82) is 0 Å². The summed E-state index contributed by atoms with van der Waals surface area (Å²) in [7, 11) is 1.13. The summed E-state index contributed by atoms with van der Waals surface area (Å²) in [5.74, 6) is -26.2. The van der Waals surface area contributed by atoms with Crippen LogP contribution in [0.2, 0.25) is 0 Å². The summed E-state index contributed by atoms with van der Waals surface area (Å²) in [6.07, 6.45) is -8.88. The van der Waals surface area contributed by atoms with Gasteiger partial charge in [-0.1, -0.05) is 0 Å². The highest BCUT2D eigenvalue weighted by Gasteiger charge is 2.86. The largest absolute Gasteiger partial charge is 0.469 e. The Kier molecular flexibility index (Phi) is 6.00. The molecule has 4 nitrogen and oxygen atoms in total. The zero-order valence-electron chi connectivity index (χ0n) is 11.7.